The van der Waals surface area contributed by atoms with Gasteiger partial charge in [-0.05, 0) is 25.7 Å². The Morgan fingerprint density at radius 1 is 1.30 bits per heavy atom. The van der Waals surface area contributed by atoms with Crippen LogP contribution in [0, 0.1) is 5.92 Å². The lowest BCUT2D eigenvalue weighted by Gasteiger charge is -2.21. The zero-order valence-electron chi connectivity index (χ0n) is 12.8. The van der Waals surface area contributed by atoms with Crippen LogP contribution in [-0.2, 0) is 4.79 Å². The number of hydrogen-bond donors (Lipinski definition) is 2. The van der Waals surface area contributed by atoms with E-state index < -0.39 is 0 Å². The molecule has 0 aromatic rings. The number of nitrogens with one attached hydrogen (secondary N) is 2. The molecule has 1 atom stereocenters. The number of carbonyl (C=O) groups excluding carboxylic acids is 1. The fourth-order valence-electron chi connectivity index (χ4n) is 3.14. The van der Waals surface area contributed by atoms with Gasteiger partial charge in [0.25, 0.3) is 0 Å². The van der Waals surface area contributed by atoms with Crippen LogP contribution in [0.3, 0.4) is 0 Å². The predicted octanol–water partition coefficient (Wildman–Crippen LogP) is 1.35. The van der Waals surface area contributed by atoms with Gasteiger partial charge in [0.15, 0.2) is 5.96 Å². The molecule has 1 aliphatic carbocycles. The molecule has 1 saturated carbocycles. The Hall–Kier alpha value is -1.26. The molecule has 1 unspecified atom stereocenters. The van der Waals surface area contributed by atoms with E-state index in [1.54, 1.807) is 7.05 Å². The molecular weight excluding hydrogens is 252 g/mol. The first-order chi connectivity index (χ1) is 9.74. The average molecular weight is 280 g/mol. The third-order valence-corrected chi connectivity index (χ3v) is 4.31. The molecule has 20 heavy (non-hydrogen) atoms. The van der Waals surface area contributed by atoms with Crippen molar-refractivity contribution in [1.29, 1.82) is 0 Å². The summed E-state index contributed by atoms with van der Waals surface area (Å²) in [4.78, 5) is 18.6. The van der Waals surface area contributed by atoms with Gasteiger partial charge >= 0.3 is 0 Å². The summed E-state index contributed by atoms with van der Waals surface area (Å²) >= 11 is 0. The average Bonchev–Trinajstić information content (AvgIpc) is 3.13. The lowest BCUT2D eigenvalue weighted by atomic mass is 10.1. The number of amides is 1. The predicted molar refractivity (Wildman–Crippen MR) is 81.7 cm³/mol. The molecule has 1 saturated heterocycles. The summed E-state index contributed by atoms with van der Waals surface area (Å²) in [5, 5.41) is 6.70. The van der Waals surface area contributed by atoms with E-state index in [1.807, 2.05) is 4.90 Å². The van der Waals surface area contributed by atoms with E-state index in [1.165, 1.54) is 12.8 Å². The number of nitrogens with zero attached hydrogens (tertiary/aromatic N) is 2. The summed E-state index contributed by atoms with van der Waals surface area (Å²) in [6.07, 6.45) is 6.72. The Morgan fingerprint density at radius 3 is 2.70 bits per heavy atom. The molecule has 2 fully saturated rings. The molecular formula is C15H28N4O. The minimum Gasteiger partial charge on any atom is -0.356 e. The van der Waals surface area contributed by atoms with Crippen LogP contribution < -0.4 is 10.6 Å². The second-order valence-corrected chi connectivity index (χ2v) is 5.89. The number of aliphatic imine (C=N–C) groups is 1. The first-order valence-corrected chi connectivity index (χ1v) is 8.00. The maximum absolute atomic E-state index is 12.4. The third-order valence-electron chi connectivity index (χ3n) is 4.31. The van der Waals surface area contributed by atoms with E-state index in [0.717, 1.165) is 51.3 Å². The molecule has 0 aromatic heterocycles. The van der Waals surface area contributed by atoms with Gasteiger partial charge in [-0.2, -0.15) is 0 Å². The fourth-order valence-corrected chi connectivity index (χ4v) is 3.14. The molecule has 1 heterocycles. The van der Waals surface area contributed by atoms with Crippen LogP contribution in [0.15, 0.2) is 4.99 Å². The van der Waals surface area contributed by atoms with Crippen molar-refractivity contribution in [3.63, 3.8) is 0 Å². The quantitative estimate of drug-likeness (QED) is 0.604. The highest BCUT2D eigenvalue weighted by Crippen LogP contribution is 2.27. The number of guanidine groups is 1. The molecule has 0 aromatic carbocycles. The second kappa shape index (κ2) is 7.50. The number of likely N-dealkylation sites (tertiary alicyclic amines) is 1. The zero-order valence-corrected chi connectivity index (χ0v) is 12.8. The second-order valence-electron chi connectivity index (χ2n) is 5.89. The Morgan fingerprint density at radius 2 is 2.05 bits per heavy atom. The van der Waals surface area contributed by atoms with Crippen LogP contribution in [-0.4, -0.2) is 49.5 Å². The monoisotopic (exact) mass is 280 g/mol. The van der Waals surface area contributed by atoms with Gasteiger partial charge in [0.05, 0.1) is 0 Å². The molecule has 0 radical (unpaired) electrons. The zero-order chi connectivity index (χ0) is 14.4. The molecule has 1 aliphatic heterocycles. The fraction of sp³-hybridized carbons (Fsp3) is 0.867. The molecule has 2 aliphatic rings. The topological polar surface area (TPSA) is 56.7 Å². The van der Waals surface area contributed by atoms with Crippen molar-refractivity contribution in [2.45, 2.75) is 51.5 Å². The van der Waals surface area contributed by atoms with Crippen LogP contribution in [0.2, 0.25) is 0 Å². The van der Waals surface area contributed by atoms with Crippen molar-refractivity contribution in [3.8, 4) is 0 Å². The largest absolute Gasteiger partial charge is 0.356 e. The summed E-state index contributed by atoms with van der Waals surface area (Å²) in [5.41, 5.74) is 0. The van der Waals surface area contributed by atoms with Gasteiger partial charge in [-0.3, -0.25) is 9.79 Å². The van der Waals surface area contributed by atoms with Gasteiger partial charge in [-0.1, -0.05) is 19.8 Å². The highest BCUT2D eigenvalue weighted by molar-refractivity contribution is 5.81. The van der Waals surface area contributed by atoms with Gasteiger partial charge in [0, 0.05) is 38.6 Å². The third kappa shape index (κ3) is 3.87. The van der Waals surface area contributed by atoms with Crippen molar-refractivity contribution < 1.29 is 4.79 Å². The molecule has 5 nitrogen and oxygen atoms in total. The van der Waals surface area contributed by atoms with Crippen LogP contribution in [0.1, 0.15) is 45.4 Å². The number of hydrogen-bond acceptors (Lipinski definition) is 2. The van der Waals surface area contributed by atoms with E-state index >= 15 is 0 Å². The number of carbonyl (C=O) groups is 1. The van der Waals surface area contributed by atoms with Crippen LogP contribution in [0.5, 0.6) is 0 Å². The molecule has 1 amide bonds. The van der Waals surface area contributed by atoms with Gasteiger partial charge in [-0.15, -0.1) is 0 Å². The van der Waals surface area contributed by atoms with Gasteiger partial charge in [0.1, 0.15) is 0 Å². The molecule has 5 heteroatoms. The Bertz CT molecular complexity index is 350. The Kier molecular flexibility index (Phi) is 5.68. The van der Waals surface area contributed by atoms with Crippen LogP contribution in [0.25, 0.3) is 0 Å². The van der Waals surface area contributed by atoms with Gasteiger partial charge in [-0.25, -0.2) is 0 Å². The lowest BCUT2D eigenvalue weighted by Crippen LogP contribution is -2.45. The first kappa shape index (κ1) is 15.1. The highest BCUT2D eigenvalue weighted by Gasteiger charge is 2.32. The van der Waals surface area contributed by atoms with E-state index in [-0.39, 0.29) is 0 Å². The summed E-state index contributed by atoms with van der Waals surface area (Å²) in [5.74, 6) is 1.53. The summed E-state index contributed by atoms with van der Waals surface area (Å²) in [7, 11) is 1.79. The normalized spacial score (nSPS) is 24.2. The summed E-state index contributed by atoms with van der Waals surface area (Å²) in [6.45, 7) is 4.77. The SMILES string of the molecule is CCCNC(=NC)NC1CCN(C(=O)C2CCCC2)C1. The van der Waals surface area contributed by atoms with Crippen LogP contribution >= 0.6 is 0 Å². The molecule has 0 spiro atoms. The number of rotatable bonds is 4. The van der Waals surface area contributed by atoms with E-state index in [9.17, 15) is 4.79 Å². The van der Waals surface area contributed by atoms with Crippen molar-refractivity contribution in [1.82, 2.24) is 15.5 Å². The maximum Gasteiger partial charge on any atom is 0.225 e. The van der Waals surface area contributed by atoms with E-state index in [2.05, 4.69) is 22.5 Å². The minimum absolute atomic E-state index is 0.297. The van der Waals surface area contributed by atoms with Crippen molar-refractivity contribution in [2.24, 2.45) is 10.9 Å². The smallest absolute Gasteiger partial charge is 0.225 e. The van der Waals surface area contributed by atoms with E-state index in [0.29, 0.717) is 17.9 Å². The van der Waals surface area contributed by atoms with Crippen LogP contribution in [0.4, 0.5) is 0 Å². The van der Waals surface area contributed by atoms with Crippen molar-refractivity contribution >= 4 is 11.9 Å². The highest BCUT2D eigenvalue weighted by atomic mass is 16.2. The van der Waals surface area contributed by atoms with Crippen molar-refractivity contribution in [2.75, 3.05) is 26.7 Å². The minimum atomic E-state index is 0.297. The lowest BCUT2D eigenvalue weighted by molar-refractivity contribution is -0.134. The molecule has 2 rings (SSSR count). The van der Waals surface area contributed by atoms with Gasteiger partial charge in [0.2, 0.25) is 5.91 Å². The summed E-state index contributed by atoms with van der Waals surface area (Å²) in [6, 6.07) is 0.336. The van der Waals surface area contributed by atoms with Crippen molar-refractivity contribution in [3.05, 3.63) is 0 Å². The summed E-state index contributed by atoms with van der Waals surface area (Å²) < 4.78 is 0. The Labute approximate surface area is 122 Å². The Balaban J connectivity index is 1.78. The molecule has 0 bridgehead atoms. The first-order valence-electron chi connectivity index (χ1n) is 8.00. The molecule has 2 N–H and O–H groups in total. The van der Waals surface area contributed by atoms with Gasteiger partial charge < -0.3 is 15.5 Å². The standard InChI is InChI=1S/C15H28N4O/c1-3-9-17-15(16-2)18-13-8-10-19(11-13)14(20)12-6-4-5-7-12/h12-13H,3-11H2,1-2H3,(H2,16,17,18). The van der Waals surface area contributed by atoms with E-state index in [4.69, 9.17) is 0 Å². The molecule has 114 valence electrons. The maximum atomic E-state index is 12.4.